The van der Waals surface area contributed by atoms with E-state index in [0.717, 1.165) is 18.1 Å². The molecule has 2 aromatic rings. The fourth-order valence-electron chi connectivity index (χ4n) is 3.00. The van der Waals surface area contributed by atoms with Gasteiger partial charge in [-0.15, -0.1) is 24.0 Å². The van der Waals surface area contributed by atoms with Crippen molar-refractivity contribution in [1.29, 1.82) is 0 Å². The van der Waals surface area contributed by atoms with Crippen molar-refractivity contribution in [2.75, 3.05) is 25.4 Å². The van der Waals surface area contributed by atoms with E-state index in [1.54, 1.807) is 0 Å². The second-order valence-electron chi connectivity index (χ2n) is 7.80. The van der Waals surface area contributed by atoms with Crippen molar-refractivity contribution < 1.29 is 8.42 Å². The number of nitrogens with one attached hydrogen (secondary N) is 2. The van der Waals surface area contributed by atoms with Gasteiger partial charge in [0.2, 0.25) is 0 Å². The van der Waals surface area contributed by atoms with Crippen LogP contribution in [-0.2, 0) is 21.0 Å². The third-order valence-corrected chi connectivity index (χ3v) is 6.37. The number of nitrogens with zero attached hydrogens (tertiary/aromatic N) is 1. The molecule has 2 aromatic carbocycles. The van der Waals surface area contributed by atoms with Crippen molar-refractivity contribution in [3.8, 4) is 0 Å². The van der Waals surface area contributed by atoms with Crippen LogP contribution in [0.3, 0.4) is 0 Å². The summed E-state index contributed by atoms with van der Waals surface area (Å²) in [4.78, 5) is 4.71. The van der Waals surface area contributed by atoms with E-state index in [0.29, 0.717) is 19.5 Å². The molecule has 0 atom stereocenters. The lowest BCUT2D eigenvalue weighted by Crippen LogP contribution is -2.39. The quantitative estimate of drug-likeness (QED) is 0.205. The normalized spacial score (nSPS) is 12.2. The van der Waals surface area contributed by atoms with Gasteiger partial charge in [-0.2, -0.15) is 0 Å². The van der Waals surface area contributed by atoms with E-state index in [1.165, 1.54) is 5.56 Å². The molecule has 7 heteroatoms. The Bertz CT molecular complexity index is 870. The first kappa shape index (κ1) is 26.4. The number of guanidine groups is 1. The Labute approximate surface area is 198 Å². The maximum Gasteiger partial charge on any atom is 0.191 e. The molecule has 0 saturated heterocycles. The van der Waals surface area contributed by atoms with E-state index < -0.39 is 9.84 Å². The maximum atomic E-state index is 12.3. The Morgan fingerprint density at radius 2 is 1.57 bits per heavy atom. The third kappa shape index (κ3) is 9.47. The molecule has 0 heterocycles. The summed E-state index contributed by atoms with van der Waals surface area (Å²) >= 11 is 0. The highest BCUT2D eigenvalue weighted by Gasteiger charge is 2.20. The lowest BCUT2D eigenvalue weighted by Gasteiger charge is -2.24. The summed E-state index contributed by atoms with van der Waals surface area (Å²) in [6, 6.07) is 19.6. The van der Waals surface area contributed by atoms with Gasteiger partial charge >= 0.3 is 0 Å². The summed E-state index contributed by atoms with van der Waals surface area (Å²) in [7, 11) is -3.12. The molecule has 0 spiro atoms. The minimum Gasteiger partial charge on any atom is -0.357 e. The van der Waals surface area contributed by atoms with Crippen LogP contribution >= 0.6 is 24.0 Å². The Morgan fingerprint density at radius 3 is 2.17 bits per heavy atom. The smallest absolute Gasteiger partial charge is 0.191 e. The number of sulfone groups is 1. The predicted molar refractivity (Wildman–Crippen MR) is 137 cm³/mol. The fourth-order valence-corrected chi connectivity index (χ4v) is 4.43. The third-order valence-electron chi connectivity index (χ3n) is 4.69. The summed E-state index contributed by atoms with van der Waals surface area (Å²) in [5.74, 6) is 0.967. The van der Waals surface area contributed by atoms with Crippen molar-refractivity contribution in [3.63, 3.8) is 0 Å². The molecule has 0 saturated carbocycles. The number of aliphatic imine (C=N–C) groups is 1. The highest BCUT2D eigenvalue weighted by molar-refractivity contribution is 14.0. The van der Waals surface area contributed by atoms with Crippen LogP contribution in [0.2, 0.25) is 0 Å². The molecule has 0 aromatic heterocycles. The van der Waals surface area contributed by atoms with Gasteiger partial charge in [0.15, 0.2) is 15.8 Å². The van der Waals surface area contributed by atoms with Gasteiger partial charge in [-0.25, -0.2) is 8.42 Å². The van der Waals surface area contributed by atoms with Crippen LogP contribution in [0.15, 0.2) is 65.7 Å². The molecule has 0 bridgehead atoms. The molecule has 0 aliphatic carbocycles. The number of rotatable bonds is 10. The van der Waals surface area contributed by atoms with Crippen LogP contribution in [0.25, 0.3) is 0 Å². The molecular weight excluding hydrogens is 509 g/mol. The first-order chi connectivity index (χ1) is 13.8. The highest BCUT2D eigenvalue weighted by atomic mass is 127. The van der Waals surface area contributed by atoms with Crippen molar-refractivity contribution in [2.24, 2.45) is 4.99 Å². The topological polar surface area (TPSA) is 70.6 Å². The average molecular weight is 544 g/mol. The largest absolute Gasteiger partial charge is 0.357 e. The summed E-state index contributed by atoms with van der Waals surface area (Å²) in [5.41, 5.74) is 1.99. The SMILES string of the molecule is CCNC(=NCC(C)(C)c1ccccc1)NCCCS(=O)(=O)Cc1ccccc1.I. The molecule has 30 heavy (non-hydrogen) atoms. The van der Waals surface area contributed by atoms with Crippen LogP contribution < -0.4 is 10.6 Å². The molecule has 5 nitrogen and oxygen atoms in total. The number of halogens is 1. The molecule has 166 valence electrons. The van der Waals surface area contributed by atoms with Crippen LogP contribution in [0.1, 0.15) is 38.3 Å². The zero-order valence-corrected chi connectivity index (χ0v) is 21.2. The fraction of sp³-hybridized carbons (Fsp3) is 0.435. The van der Waals surface area contributed by atoms with Crippen LogP contribution in [-0.4, -0.2) is 39.8 Å². The molecule has 0 radical (unpaired) electrons. The second-order valence-corrected chi connectivity index (χ2v) is 9.99. The molecule has 0 amide bonds. The van der Waals surface area contributed by atoms with Gasteiger partial charge in [0.25, 0.3) is 0 Å². The molecule has 0 aliphatic heterocycles. The van der Waals surface area contributed by atoms with E-state index in [-0.39, 0.29) is 40.9 Å². The lowest BCUT2D eigenvalue weighted by molar-refractivity contribution is 0.537. The first-order valence-electron chi connectivity index (χ1n) is 10.1. The van der Waals surface area contributed by atoms with Gasteiger partial charge in [0.05, 0.1) is 18.1 Å². The van der Waals surface area contributed by atoms with Gasteiger partial charge in [0, 0.05) is 18.5 Å². The minimum absolute atomic E-state index is 0. The van der Waals surface area contributed by atoms with Crippen LogP contribution in [0.5, 0.6) is 0 Å². The molecule has 0 unspecified atom stereocenters. The zero-order chi connectivity index (χ0) is 21.2. The number of hydrogen-bond acceptors (Lipinski definition) is 3. The number of benzene rings is 2. The van der Waals surface area contributed by atoms with Gasteiger partial charge in [-0.3, -0.25) is 4.99 Å². The molecule has 0 aliphatic rings. The van der Waals surface area contributed by atoms with E-state index in [9.17, 15) is 8.42 Å². The Morgan fingerprint density at radius 1 is 0.967 bits per heavy atom. The molecule has 0 fully saturated rings. The zero-order valence-electron chi connectivity index (χ0n) is 18.1. The Balaban J connectivity index is 0.00000450. The van der Waals surface area contributed by atoms with E-state index >= 15 is 0 Å². The first-order valence-corrected chi connectivity index (χ1v) is 12.0. The predicted octanol–water partition coefficient (Wildman–Crippen LogP) is 4.14. The average Bonchev–Trinajstić information content (AvgIpc) is 2.70. The van der Waals surface area contributed by atoms with Crippen molar-refractivity contribution >= 4 is 39.8 Å². The second kappa shape index (κ2) is 12.9. The van der Waals surface area contributed by atoms with Gasteiger partial charge in [0.1, 0.15) is 0 Å². The van der Waals surface area contributed by atoms with Gasteiger partial charge in [-0.05, 0) is 24.5 Å². The summed E-state index contributed by atoms with van der Waals surface area (Å²) < 4.78 is 24.6. The molecule has 2 N–H and O–H groups in total. The van der Waals surface area contributed by atoms with E-state index in [1.807, 2.05) is 55.5 Å². The van der Waals surface area contributed by atoms with Crippen molar-refractivity contribution in [3.05, 3.63) is 71.8 Å². The Kier molecular flexibility index (Phi) is 11.4. The standard InChI is InChI=1S/C23H33N3O2S.HI/c1-4-24-22(26-19-23(2,3)21-14-9-6-10-15-21)25-16-11-17-29(27,28)18-20-12-7-5-8-13-20;/h5-10,12-15H,4,11,16-19H2,1-3H3,(H2,24,25,26);1H. The van der Waals surface area contributed by atoms with E-state index in [4.69, 9.17) is 4.99 Å². The highest BCUT2D eigenvalue weighted by Crippen LogP contribution is 2.22. The summed E-state index contributed by atoms with van der Waals surface area (Å²) in [6.45, 7) is 8.31. The lowest BCUT2D eigenvalue weighted by atomic mass is 9.85. The van der Waals surface area contributed by atoms with Crippen LogP contribution in [0.4, 0.5) is 0 Å². The van der Waals surface area contributed by atoms with Gasteiger partial charge in [-0.1, -0.05) is 74.5 Å². The minimum atomic E-state index is -3.12. The van der Waals surface area contributed by atoms with Crippen molar-refractivity contribution in [2.45, 2.75) is 38.4 Å². The summed E-state index contributed by atoms with van der Waals surface area (Å²) in [6.07, 6.45) is 0.543. The monoisotopic (exact) mass is 543 g/mol. The summed E-state index contributed by atoms with van der Waals surface area (Å²) in [5, 5.41) is 6.49. The molecule has 2 rings (SSSR count). The molecular formula is C23H34IN3O2S. The van der Waals surface area contributed by atoms with Gasteiger partial charge < -0.3 is 10.6 Å². The van der Waals surface area contributed by atoms with Crippen LogP contribution in [0, 0.1) is 0 Å². The number of hydrogen-bond donors (Lipinski definition) is 2. The van der Waals surface area contributed by atoms with Crippen molar-refractivity contribution in [1.82, 2.24) is 10.6 Å². The van der Waals surface area contributed by atoms with E-state index in [2.05, 4.69) is 36.6 Å². The maximum absolute atomic E-state index is 12.3. The Hall–Kier alpha value is -1.61.